The molecule has 3 aliphatic rings. The van der Waals surface area contributed by atoms with E-state index in [1.165, 1.54) is 5.56 Å². The van der Waals surface area contributed by atoms with Crippen molar-refractivity contribution < 1.29 is 14.4 Å². The highest BCUT2D eigenvalue weighted by molar-refractivity contribution is 7.10. The number of imide groups is 1. The third kappa shape index (κ3) is 2.57. The predicted octanol–water partition coefficient (Wildman–Crippen LogP) is 2.42. The number of fused-ring (bicyclic) bond motifs is 3. The van der Waals surface area contributed by atoms with Gasteiger partial charge in [0.2, 0.25) is 5.91 Å². The summed E-state index contributed by atoms with van der Waals surface area (Å²) in [4.78, 5) is 42.8. The molecule has 2 aromatic rings. The summed E-state index contributed by atoms with van der Waals surface area (Å²) in [5, 5.41) is 4.88. The molecule has 144 valence electrons. The molecule has 0 radical (unpaired) electrons. The monoisotopic (exact) mass is 395 g/mol. The van der Waals surface area contributed by atoms with Crippen molar-refractivity contribution in [2.75, 3.05) is 13.1 Å². The van der Waals surface area contributed by atoms with Crippen LogP contribution in [0.4, 0.5) is 4.79 Å². The highest BCUT2D eigenvalue weighted by Gasteiger charge is 2.54. The number of benzene rings is 1. The van der Waals surface area contributed by atoms with Crippen LogP contribution < -0.4 is 5.32 Å². The summed E-state index contributed by atoms with van der Waals surface area (Å²) in [6, 6.07) is 9.55. The summed E-state index contributed by atoms with van der Waals surface area (Å²) in [5.74, 6) is -0.473. The fourth-order valence-electron chi connectivity index (χ4n) is 4.63. The quantitative estimate of drug-likeness (QED) is 0.794. The van der Waals surface area contributed by atoms with Gasteiger partial charge in [-0.1, -0.05) is 24.3 Å². The molecule has 2 aliphatic heterocycles. The van der Waals surface area contributed by atoms with E-state index >= 15 is 0 Å². The minimum absolute atomic E-state index is 0.184. The molecule has 28 heavy (non-hydrogen) atoms. The van der Waals surface area contributed by atoms with Crippen molar-refractivity contribution in [1.29, 1.82) is 0 Å². The molecule has 1 saturated heterocycles. The van der Waals surface area contributed by atoms with Crippen LogP contribution in [-0.4, -0.2) is 40.7 Å². The Morgan fingerprint density at radius 1 is 1.14 bits per heavy atom. The zero-order valence-electron chi connectivity index (χ0n) is 15.4. The first-order valence-electron chi connectivity index (χ1n) is 9.64. The summed E-state index contributed by atoms with van der Waals surface area (Å²) in [6.07, 6.45) is 3.17. The molecule has 1 spiro atoms. The van der Waals surface area contributed by atoms with E-state index in [-0.39, 0.29) is 18.4 Å². The van der Waals surface area contributed by atoms with Crippen LogP contribution in [0.2, 0.25) is 0 Å². The number of nitrogens with one attached hydrogen (secondary N) is 1. The normalized spacial score (nSPS) is 23.6. The Balaban J connectivity index is 1.35. The average molecular weight is 395 g/mol. The second-order valence-electron chi connectivity index (χ2n) is 7.67. The van der Waals surface area contributed by atoms with Crippen LogP contribution in [0.15, 0.2) is 35.7 Å². The summed E-state index contributed by atoms with van der Waals surface area (Å²) < 4.78 is 0. The Morgan fingerprint density at radius 2 is 1.96 bits per heavy atom. The van der Waals surface area contributed by atoms with E-state index in [1.54, 1.807) is 16.2 Å². The number of aryl methyl sites for hydroxylation is 1. The first kappa shape index (κ1) is 17.4. The maximum absolute atomic E-state index is 13.2. The second kappa shape index (κ2) is 6.44. The average Bonchev–Trinajstić information content (AvgIpc) is 3.28. The van der Waals surface area contributed by atoms with Crippen LogP contribution in [0, 0.1) is 0 Å². The fraction of sp³-hybridized carbons (Fsp3) is 0.381. The number of rotatable bonds is 2. The SMILES string of the molecule is O=C(CN1C(=O)NC2(CCCc3sccc32)C1=O)N1CCc2ccccc2C1. The molecular formula is C21H21N3O3S. The van der Waals surface area contributed by atoms with Gasteiger partial charge in [-0.05, 0) is 48.3 Å². The van der Waals surface area contributed by atoms with Crippen molar-refractivity contribution >= 4 is 29.2 Å². The maximum atomic E-state index is 13.2. The molecule has 7 heteroatoms. The molecule has 1 aromatic carbocycles. The fourth-order valence-corrected chi connectivity index (χ4v) is 5.63. The van der Waals surface area contributed by atoms with E-state index in [9.17, 15) is 14.4 Å². The van der Waals surface area contributed by atoms with Gasteiger partial charge in [0.05, 0.1) is 0 Å². The van der Waals surface area contributed by atoms with Crippen molar-refractivity contribution in [1.82, 2.24) is 15.1 Å². The Hall–Kier alpha value is -2.67. The molecule has 4 amide bonds. The zero-order valence-corrected chi connectivity index (χ0v) is 16.3. The number of nitrogens with zero attached hydrogens (tertiary/aromatic N) is 2. The highest BCUT2D eigenvalue weighted by Crippen LogP contribution is 2.42. The zero-order chi connectivity index (χ0) is 19.3. The molecule has 1 aliphatic carbocycles. The van der Waals surface area contributed by atoms with Crippen LogP contribution in [0.3, 0.4) is 0 Å². The van der Waals surface area contributed by atoms with Crippen LogP contribution in [0.25, 0.3) is 0 Å². The largest absolute Gasteiger partial charge is 0.336 e. The van der Waals surface area contributed by atoms with Gasteiger partial charge >= 0.3 is 6.03 Å². The molecule has 1 aromatic heterocycles. The molecule has 1 atom stereocenters. The number of thiophene rings is 1. The lowest BCUT2D eigenvalue weighted by atomic mass is 9.80. The van der Waals surface area contributed by atoms with E-state index in [4.69, 9.17) is 0 Å². The third-order valence-electron chi connectivity index (χ3n) is 6.11. The van der Waals surface area contributed by atoms with Crippen molar-refractivity contribution in [3.05, 3.63) is 57.3 Å². The standard InChI is InChI=1S/C21H21N3O3S/c25-18(23-10-7-14-4-1-2-5-15(14)12-23)13-24-19(26)21(22-20(24)27)9-3-6-17-16(21)8-11-28-17/h1-2,4-5,8,11H,3,6-7,9-10,12-13H2,(H,22,27). The number of hydrogen-bond donors (Lipinski definition) is 1. The van der Waals surface area contributed by atoms with Crippen molar-refractivity contribution in [2.45, 2.75) is 37.8 Å². The molecule has 1 unspecified atom stereocenters. The third-order valence-corrected chi connectivity index (χ3v) is 7.09. The molecule has 3 heterocycles. The number of hydrogen-bond acceptors (Lipinski definition) is 4. The van der Waals surface area contributed by atoms with E-state index in [0.717, 1.165) is 40.2 Å². The molecule has 5 rings (SSSR count). The number of carbonyl (C=O) groups is 3. The topological polar surface area (TPSA) is 69.7 Å². The lowest BCUT2D eigenvalue weighted by Crippen LogP contribution is -2.47. The summed E-state index contributed by atoms with van der Waals surface area (Å²) >= 11 is 1.62. The minimum atomic E-state index is -0.987. The van der Waals surface area contributed by atoms with Crippen LogP contribution in [0.5, 0.6) is 0 Å². The lowest BCUT2D eigenvalue weighted by Gasteiger charge is -2.32. The first-order valence-corrected chi connectivity index (χ1v) is 10.5. The Morgan fingerprint density at radius 3 is 2.82 bits per heavy atom. The van der Waals surface area contributed by atoms with E-state index in [1.807, 2.05) is 29.6 Å². The molecule has 0 bridgehead atoms. The molecule has 6 nitrogen and oxygen atoms in total. The van der Waals surface area contributed by atoms with Crippen molar-refractivity contribution in [3.8, 4) is 0 Å². The van der Waals surface area contributed by atoms with Gasteiger partial charge in [0.1, 0.15) is 12.1 Å². The predicted molar refractivity (Wildman–Crippen MR) is 105 cm³/mol. The molecule has 0 saturated carbocycles. The Kier molecular flexibility index (Phi) is 4.01. The van der Waals surface area contributed by atoms with E-state index in [2.05, 4.69) is 11.4 Å². The van der Waals surface area contributed by atoms with Crippen molar-refractivity contribution in [2.24, 2.45) is 0 Å². The summed E-state index contributed by atoms with van der Waals surface area (Å²) in [6.45, 7) is 0.936. The smallest absolute Gasteiger partial charge is 0.325 e. The van der Waals surface area contributed by atoms with Gasteiger partial charge in [-0.3, -0.25) is 14.5 Å². The van der Waals surface area contributed by atoms with Gasteiger partial charge < -0.3 is 10.2 Å². The Labute approximate surface area is 167 Å². The van der Waals surface area contributed by atoms with Gasteiger partial charge in [-0.25, -0.2) is 4.79 Å². The summed E-state index contributed by atoms with van der Waals surface area (Å²) in [7, 11) is 0. The van der Waals surface area contributed by atoms with Gasteiger partial charge in [-0.15, -0.1) is 11.3 Å². The number of urea groups is 1. The molecule has 1 fully saturated rings. The van der Waals surface area contributed by atoms with Crippen molar-refractivity contribution in [3.63, 3.8) is 0 Å². The number of amides is 4. The second-order valence-corrected chi connectivity index (χ2v) is 8.67. The van der Waals surface area contributed by atoms with Gasteiger partial charge in [0.15, 0.2) is 0 Å². The van der Waals surface area contributed by atoms with E-state index < -0.39 is 11.6 Å². The van der Waals surface area contributed by atoms with E-state index in [0.29, 0.717) is 19.5 Å². The highest BCUT2D eigenvalue weighted by atomic mass is 32.1. The van der Waals surface area contributed by atoms with Gasteiger partial charge in [0.25, 0.3) is 5.91 Å². The first-order chi connectivity index (χ1) is 13.6. The summed E-state index contributed by atoms with van der Waals surface area (Å²) in [5.41, 5.74) is 2.31. The Bertz CT molecular complexity index is 985. The molecule has 1 N–H and O–H groups in total. The van der Waals surface area contributed by atoms with Crippen LogP contribution in [0.1, 0.15) is 34.4 Å². The van der Waals surface area contributed by atoms with Gasteiger partial charge in [-0.2, -0.15) is 0 Å². The van der Waals surface area contributed by atoms with Gasteiger partial charge in [0, 0.05) is 23.5 Å². The van der Waals surface area contributed by atoms with Crippen LogP contribution >= 0.6 is 11.3 Å². The molecular weight excluding hydrogens is 374 g/mol. The minimum Gasteiger partial charge on any atom is -0.336 e. The van der Waals surface area contributed by atoms with Crippen LogP contribution in [-0.2, 0) is 34.5 Å². The number of carbonyl (C=O) groups excluding carboxylic acids is 3. The lowest BCUT2D eigenvalue weighted by molar-refractivity contribution is -0.140. The maximum Gasteiger partial charge on any atom is 0.325 e.